The Morgan fingerprint density at radius 3 is 2.56 bits per heavy atom. The number of amides is 1. The minimum Gasteiger partial charge on any atom is -0.310 e. The Morgan fingerprint density at radius 1 is 1.24 bits per heavy atom. The van der Waals surface area contributed by atoms with Crippen LogP contribution in [-0.2, 0) is 24.7 Å². The van der Waals surface area contributed by atoms with Gasteiger partial charge in [0.2, 0.25) is 5.91 Å². The fourth-order valence-corrected chi connectivity index (χ4v) is 2.63. The molecule has 0 aliphatic heterocycles. The van der Waals surface area contributed by atoms with E-state index in [1.807, 2.05) is 6.92 Å². The third-order valence-electron chi connectivity index (χ3n) is 3.92. The van der Waals surface area contributed by atoms with Crippen LogP contribution in [0.15, 0.2) is 28.9 Å². The van der Waals surface area contributed by atoms with Gasteiger partial charge in [-0.2, -0.15) is 5.10 Å². The summed E-state index contributed by atoms with van der Waals surface area (Å²) in [4.78, 5) is 12.4. The predicted octanol–water partition coefficient (Wildman–Crippen LogP) is 2.66. The second-order valence-corrected chi connectivity index (χ2v) is 5.68. The molecule has 0 unspecified atom stereocenters. The topological polar surface area (TPSA) is 85.8 Å². The van der Waals surface area contributed by atoms with Crippen LogP contribution < -0.4 is 5.32 Å². The number of carbonyl (C=O) groups is 1. The molecule has 2 heterocycles. The first-order valence-corrected chi connectivity index (χ1v) is 7.89. The van der Waals surface area contributed by atoms with Gasteiger partial charge in [0.15, 0.2) is 0 Å². The van der Waals surface area contributed by atoms with E-state index in [4.69, 9.17) is 0 Å². The summed E-state index contributed by atoms with van der Waals surface area (Å²) in [5.74, 6) is -0.0133. The molecule has 25 heavy (non-hydrogen) atoms. The number of halogens is 1. The molecular weight excluding hydrogens is 325 g/mol. The molecule has 0 radical (unpaired) electrons. The molecule has 1 aromatic carbocycles. The number of aromatic nitrogens is 4. The fourth-order valence-electron chi connectivity index (χ4n) is 2.63. The number of rotatable bonds is 5. The maximum atomic E-state index is 13.2. The minimum atomic E-state index is -0.315. The van der Waals surface area contributed by atoms with E-state index in [2.05, 4.69) is 25.4 Å². The average Bonchev–Trinajstić information content (AvgIpc) is 3.12. The van der Waals surface area contributed by atoms with Crippen LogP contribution in [0.5, 0.6) is 0 Å². The van der Waals surface area contributed by atoms with Crippen LogP contribution in [0.3, 0.4) is 0 Å². The van der Waals surface area contributed by atoms with Gasteiger partial charge in [-0.15, -0.1) is 0 Å². The standard InChI is InChI=1S/C17H18FN5O2/c1-4-13-16(11-5-7-12(18)8-6-11)17(23(3)20-13)19-15(24)9-14-10(2)21-25-22-14/h5-8H,4,9H2,1-3H3,(H,19,24). The summed E-state index contributed by atoms with van der Waals surface area (Å²) in [6.45, 7) is 3.70. The van der Waals surface area contributed by atoms with Crippen LogP contribution in [0.1, 0.15) is 24.0 Å². The first kappa shape index (κ1) is 16.8. The summed E-state index contributed by atoms with van der Waals surface area (Å²) in [5.41, 5.74) is 3.46. The molecular formula is C17H18FN5O2. The molecule has 7 nitrogen and oxygen atoms in total. The highest BCUT2D eigenvalue weighted by molar-refractivity contribution is 5.95. The highest BCUT2D eigenvalue weighted by atomic mass is 19.1. The molecule has 1 amide bonds. The van der Waals surface area contributed by atoms with E-state index in [9.17, 15) is 9.18 Å². The molecule has 0 fully saturated rings. The number of hydrogen-bond acceptors (Lipinski definition) is 5. The number of nitrogens with zero attached hydrogens (tertiary/aromatic N) is 4. The van der Waals surface area contributed by atoms with Crippen molar-refractivity contribution >= 4 is 11.7 Å². The van der Waals surface area contributed by atoms with Gasteiger partial charge < -0.3 is 5.32 Å². The predicted molar refractivity (Wildman–Crippen MR) is 89.3 cm³/mol. The van der Waals surface area contributed by atoms with Gasteiger partial charge in [0.05, 0.1) is 12.1 Å². The summed E-state index contributed by atoms with van der Waals surface area (Å²) in [7, 11) is 1.75. The van der Waals surface area contributed by atoms with E-state index in [1.165, 1.54) is 12.1 Å². The monoisotopic (exact) mass is 343 g/mol. The fraction of sp³-hybridized carbons (Fsp3) is 0.294. The Kier molecular flexibility index (Phi) is 4.60. The Balaban J connectivity index is 1.93. The number of aryl methyl sites for hydroxylation is 3. The van der Waals surface area contributed by atoms with Gasteiger partial charge in [-0.3, -0.25) is 9.48 Å². The molecule has 3 rings (SSSR count). The van der Waals surface area contributed by atoms with Crippen LogP contribution >= 0.6 is 0 Å². The Labute approximate surface area is 143 Å². The summed E-state index contributed by atoms with van der Waals surface area (Å²) in [6, 6.07) is 6.12. The molecule has 0 aliphatic rings. The van der Waals surface area contributed by atoms with Crippen molar-refractivity contribution in [2.75, 3.05) is 5.32 Å². The molecule has 0 atom stereocenters. The van der Waals surface area contributed by atoms with Crippen molar-refractivity contribution in [1.82, 2.24) is 20.1 Å². The summed E-state index contributed by atoms with van der Waals surface area (Å²) in [6.07, 6.45) is 0.730. The highest BCUT2D eigenvalue weighted by Crippen LogP contribution is 2.32. The lowest BCUT2D eigenvalue weighted by atomic mass is 10.0. The van der Waals surface area contributed by atoms with Crippen LogP contribution in [-0.4, -0.2) is 26.0 Å². The van der Waals surface area contributed by atoms with Crippen molar-refractivity contribution < 1.29 is 13.8 Å². The summed E-state index contributed by atoms with van der Waals surface area (Å²) in [5, 5.41) is 14.7. The lowest BCUT2D eigenvalue weighted by molar-refractivity contribution is -0.115. The second-order valence-electron chi connectivity index (χ2n) is 5.68. The van der Waals surface area contributed by atoms with Crippen molar-refractivity contribution in [2.45, 2.75) is 26.7 Å². The van der Waals surface area contributed by atoms with Gasteiger partial charge in [-0.25, -0.2) is 9.02 Å². The molecule has 130 valence electrons. The lowest BCUT2D eigenvalue weighted by Crippen LogP contribution is -2.18. The Bertz CT molecular complexity index is 898. The third kappa shape index (κ3) is 3.42. The number of hydrogen-bond donors (Lipinski definition) is 1. The second kappa shape index (κ2) is 6.84. The maximum Gasteiger partial charge on any atom is 0.231 e. The number of nitrogens with one attached hydrogen (secondary N) is 1. The number of anilines is 1. The van der Waals surface area contributed by atoms with Crippen LogP contribution in [0, 0.1) is 12.7 Å². The van der Waals surface area contributed by atoms with Gasteiger partial charge in [-0.05, 0) is 31.0 Å². The molecule has 3 aromatic rings. The van der Waals surface area contributed by atoms with Crippen molar-refractivity contribution in [1.29, 1.82) is 0 Å². The Morgan fingerprint density at radius 2 is 1.96 bits per heavy atom. The Hall–Kier alpha value is -3.03. The molecule has 0 saturated heterocycles. The molecule has 2 aromatic heterocycles. The zero-order valence-corrected chi connectivity index (χ0v) is 14.2. The third-order valence-corrected chi connectivity index (χ3v) is 3.92. The van der Waals surface area contributed by atoms with Crippen molar-refractivity contribution in [2.24, 2.45) is 7.05 Å². The molecule has 1 N–H and O–H groups in total. The largest absolute Gasteiger partial charge is 0.310 e. The van der Waals surface area contributed by atoms with E-state index in [1.54, 1.807) is 30.8 Å². The summed E-state index contributed by atoms with van der Waals surface area (Å²) >= 11 is 0. The number of carbonyl (C=O) groups excluding carboxylic acids is 1. The van der Waals surface area contributed by atoms with Gasteiger partial charge in [0.1, 0.15) is 23.0 Å². The first-order chi connectivity index (χ1) is 12.0. The minimum absolute atomic E-state index is 0.0465. The van der Waals surface area contributed by atoms with Gasteiger partial charge in [-0.1, -0.05) is 29.4 Å². The van der Waals surface area contributed by atoms with Crippen molar-refractivity contribution in [3.63, 3.8) is 0 Å². The van der Waals surface area contributed by atoms with Gasteiger partial charge in [0.25, 0.3) is 0 Å². The summed E-state index contributed by atoms with van der Waals surface area (Å²) < 4.78 is 19.5. The smallest absolute Gasteiger partial charge is 0.231 e. The van der Waals surface area contributed by atoms with Crippen LogP contribution in [0.2, 0.25) is 0 Å². The van der Waals surface area contributed by atoms with Crippen LogP contribution in [0.4, 0.5) is 10.2 Å². The van der Waals surface area contributed by atoms with Crippen LogP contribution in [0.25, 0.3) is 11.1 Å². The molecule has 0 aliphatic carbocycles. The van der Waals surface area contributed by atoms with E-state index >= 15 is 0 Å². The number of benzene rings is 1. The van der Waals surface area contributed by atoms with Gasteiger partial charge in [0, 0.05) is 12.6 Å². The normalized spacial score (nSPS) is 10.9. The van der Waals surface area contributed by atoms with E-state index in [-0.39, 0.29) is 18.1 Å². The van der Waals surface area contributed by atoms with E-state index < -0.39 is 0 Å². The molecule has 0 saturated carbocycles. The average molecular weight is 343 g/mol. The van der Waals surface area contributed by atoms with Crippen molar-refractivity contribution in [3.8, 4) is 11.1 Å². The van der Waals surface area contributed by atoms with Gasteiger partial charge >= 0.3 is 0 Å². The quantitative estimate of drug-likeness (QED) is 0.770. The molecule has 0 spiro atoms. The zero-order chi connectivity index (χ0) is 18.0. The maximum absolute atomic E-state index is 13.2. The van der Waals surface area contributed by atoms with E-state index in [0.29, 0.717) is 23.6 Å². The molecule has 0 bridgehead atoms. The van der Waals surface area contributed by atoms with E-state index in [0.717, 1.165) is 16.8 Å². The van der Waals surface area contributed by atoms with Crippen molar-refractivity contribution in [3.05, 3.63) is 47.2 Å². The molecule has 8 heteroatoms. The first-order valence-electron chi connectivity index (χ1n) is 7.89. The highest BCUT2D eigenvalue weighted by Gasteiger charge is 2.20. The SMILES string of the molecule is CCc1nn(C)c(NC(=O)Cc2nonc2C)c1-c1ccc(F)cc1. The zero-order valence-electron chi connectivity index (χ0n) is 14.2. The lowest BCUT2D eigenvalue weighted by Gasteiger charge is -2.09.